The normalized spacial score (nSPS) is 17.1. The van der Waals surface area contributed by atoms with E-state index in [4.69, 9.17) is 0 Å². The summed E-state index contributed by atoms with van der Waals surface area (Å²) in [5, 5.41) is 4.00. The van der Waals surface area contributed by atoms with E-state index in [1.54, 1.807) is 6.20 Å². The lowest BCUT2D eigenvalue weighted by molar-refractivity contribution is 0.112. The summed E-state index contributed by atoms with van der Waals surface area (Å²) in [5.74, 6) is 0. The Bertz CT molecular complexity index is 379. The number of halogens is 2. The predicted octanol–water partition coefficient (Wildman–Crippen LogP) is 2.26. The lowest BCUT2D eigenvalue weighted by atomic mass is 10.1. The first-order valence-corrected chi connectivity index (χ1v) is 5.44. The standard InChI is InChI=1S/C11H17F2N3/c1-11(2,3)15-5-8-4-14-16(7-10(12)13)9(8)6-15/h4,10H,5-7H2,1-3H3. The molecule has 1 aliphatic heterocycles. The average Bonchev–Trinajstić information content (AvgIpc) is 2.64. The van der Waals surface area contributed by atoms with Crippen LogP contribution in [0.15, 0.2) is 6.20 Å². The summed E-state index contributed by atoms with van der Waals surface area (Å²) in [6, 6.07) is 0. The first kappa shape index (κ1) is 11.5. The van der Waals surface area contributed by atoms with Crippen LogP contribution in [0.4, 0.5) is 8.78 Å². The molecule has 3 nitrogen and oxygen atoms in total. The Morgan fingerprint density at radius 1 is 1.38 bits per heavy atom. The third-order valence-electron chi connectivity index (χ3n) is 3.00. The summed E-state index contributed by atoms with van der Waals surface area (Å²) in [7, 11) is 0. The molecule has 0 saturated carbocycles. The van der Waals surface area contributed by atoms with Gasteiger partial charge in [-0.05, 0) is 20.8 Å². The molecule has 0 aliphatic carbocycles. The Labute approximate surface area is 94.0 Å². The fourth-order valence-electron chi connectivity index (χ4n) is 1.97. The second kappa shape index (κ2) is 3.80. The van der Waals surface area contributed by atoms with E-state index in [9.17, 15) is 8.78 Å². The molecular formula is C11H17F2N3. The fraction of sp³-hybridized carbons (Fsp3) is 0.727. The molecule has 1 aromatic rings. The van der Waals surface area contributed by atoms with E-state index in [1.807, 2.05) is 0 Å². The summed E-state index contributed by atoms with van der Waals surface area (Å²) < 4.78 is 26.1. The van der Waals surface area contributed by atoms with Crippen molar-refractivity contribution in [1.29, 1.82) is 0 Å². The van der Waals surface area contributed by atoms with Gasteiger partial charge in [-0.25, -0.2) is 8.78 Å². The minimum Gasteiger partial charge on any atom is -0.288 e. The third-order valence-corrected chi connectivity index (χ3v) is 3.00. The minimum atomic E-state index is -2.34. The topological polar surface area (TPSA) is 21.1 Å². The molecule has 0 N–H and O–H groups in total. The van der Waals surface area contributed by atoms with Crippen LogP contribution in [0, 0.1) is 0 Å². The maximum Gasteiger partial charge on any atom is 0.257 e. The molecule has 0 radical (unpaired) electrons. The van der Waals surface area contributed by atoms with Crippen LogP contribution in [-0.4, -0.2) is 26.6 Å². The third kappa shape index (κ3) is 2.09. The predicted molar refractivity (Wildman–Crippen MR) is 57.2 cm³/mol. The van der Waals surface area contributed by atoms with Gasteiger partial charge in [0.25, 0.3) is 6.43 Å². The highest BCUT2D eigenvalue weighted by molar-refractivity contribution is 5.23. The Hall–Kier alpha value is -0.970. The molecule has 0 atom stereocenters. The first-order chi connectivity index (χ1) is 7.38. The minimum absolute atomic E-state index is 0.0642. The van der Waals surface area contributed by atoms with Crippen LogP contribution in [0.5, 0.6) is 0 Å². The lowest BCUT2D eigenvalue weighted by Crippen LogP contribution is -2.37. The molecule has 5 heteroatoms. The van der Waals surface area contributed by atoms with Crippen molar-refractivity contribution in [2.45, 2.75) is 52.4 Å². The van der Waals surface area contributed by atoms with E-state index in [0.29, 0.717) is 6.54 Å². The molecule has 0 saturated heterocycles. The second-order valence-corrected chi connectivity index (χ2v) is 5.22. The summed E-state index contributed by atoms with van der Waals surface area (Å²) in [4.78, 5) is 2.27. The van der Waals surface area contributed by atoms with Gasteiger partial charge in [-0.1, -0.05) is 0 Å². The highest BCUT2D eigenvalue weighted by Crippen LogP contribution is 2.28. The van der Waals surface area contributed by atoms with Crippen molar-refractivity contribution in [3.05, 3.63) is 17.5 Å². The molecule has 0 unspecified atom stereocenters. The van der Waals surface area contributed by atoms with Gasteiger partial charge >= 0.3 is 0 Å². The number of aromatic nitrogens is 2. The average molecular weight is 229 g/mol. The number of alkyl halides is 2. The van der Waals surface area contributed by atoms with Crippen LogP contribution in [-0.2, 0) is 19.6 Å². The largest absolute Gasteiger partial charge is 0.288 e. The molecule has 1 aromatic heterocycles. The van der Waals surface area contributed by atoms with Crippen molar-refractivity contribution in [2.24, 2.45) is 0 Å². The van der Waals surface area contributed by atoms with Gasteiger partial charge in [-0.3, -0.25) is 9.58 Å². The van der Waals surface area contributed by atoms with E-state index >= 15 is 0 Å². The van der Waals surface area contributed by atoms with E-state index in [-0.39, 0.29) is 12.1 Å². The maximum atomic E-state index is 12.3. The molecule has 90 valence electrons. The Balaban J connectivity index is 2.16. The zero-order valence-electron chi connectivity index (χ0n) is 9.87. The van der Waals surface area contributed by atoms with Crippen molar-refractivity contribution < 1.29 is 8.78 Å². The monoisotopic (exact) mass is 229 g/mol. The van der Waals surface area contributed by atoms with E-state index in [0.717, 1.165) is 17.8 Å². The van der Waals surface area contributed by atoms with Gasteiger partial charge in [-0.2, -0.15) is 5.10 Å². The SMILES string of the molecule is CC(C)(C)N1Cc2cnn(CC(F)F)c2C1. The van der Waals surface area contributed by atoms with Gasteiger partial charge in [0.15, 0.2) is 0 Å². The lowest BCUT2D eigenvalue weighted by Gasteiger charge is -2.31. The second-order valence-electron chi connectivity index (χ2n) is 5.22. The van der Waals surface area contributed by atoms with Gasteiger partial charge in [0.1, 0.15) is 6.54 Å². The smallest absolute Gasteiger partial charge is 0.257 e. The van der Waals surface area contributed by atoms with Gasteiger partial charge in [-0.15, -0.1) is 0 Å². The van der Waals surface area contributed by atoms with Crippen LogP contribution in [0.3, 0.4) is 0 Å². The molecular weight excluding hydrogens is 212 g/mol. The molecule has 16 heavy (non-hydrogen) atoms. The van der Waals surface area contributed by atoms with Crippen molar-refractivity contribution in [3.8, 4) is 0 Å². The zero-order chi connectivity index (χ0) is 11.9. The summed E-state index contributed by atoms with van der Waals surface area (Å²) in [5.41, 5.74) is 2.08. The number of fused-ring (bicyclic) bond motifs is 1. The van der Waals surface area contributed by atoms with Gasteiger partial charge in [0, 0.05) is 24.2 Å². The van der Waals surface area contributed by atoms with Gasteiger partial charge < -0.3 is 0 Å². The van der Waals surface area contributed by atoms with Crippen LogP contribution in [0.2, 0.25) is 0 Å². The molecule has 2 rings (SSSR count). The van der Waals surface area contributed by atoms with E-state index < -0.39 is 6.43 Å². The Kier molecular flexibility index (Phi) is 2.74. The number of hydrogen-bond acceptors (Lipinski definition) is 2. The fourth-order valence-corrected chi connectivity index (χ4v) is 1.97. The van der Waals surface area contributed by atoms with Crippen LogP contribution >= 0.6 is 0 Å². The molecule has 0 bridgehead atoms. The molecule has 0 spiro atoms. The molecule has 0 aromatic carbocycles. The van der Waals surface area contributed by atoms with Crippen LogP contribution < -0.4 is 0 Å². The van der Waals surface area contributed by atoms with Crippen LogP contribution in [0.25, 0.3) is 0 Å². The summed E-state index contributed by atoms with van der Waals surface area (Å²) >= 11 is 0. The van der Waals surface area contributed by atoms with Crippen molar-refractivity contribution in [2.75, 3.05) is 0 Å². The quantitative estimate of drug-likeness (QED) is 0.775. The number of nitrogens with zero attached hydrogens (tertiary/aromatic N) is 3. The molecule has 0 fully saturated rings. The van der Waals surface area contributed by atoms with Gasteiger partial charge in [0.05, 0.1) is 11.9 Å². The van der Waals surface area contributed by atoms with Crippen molar-refractivity contribution >= 4 is 0 Å². The number of rotatable bonds is 2. The highest BCUT2D eigenvalue weighted by atomic mass is 19.3. The Morgan fingerprint density at radius 2 is 2.06 bits per heavy atom. The maximum absolute atomic E-state index is 12.3. The molecule has 1 aliphatic rings. The Morgan fingerprint density at radius 3 is 2.62 bits per heavy atom. The number of hydrogen-bond donors (Lipinski definition) is 0. The van der Waals surface area contributed by atoms with Crippen molar-refractivity contribution in [3.63, 3.8) is 0 Å². The first-order valence-electron chi connectivity index (χ1n) is 5.44. The van der Waals surface area contributed by atoms with Crippen molar-refractivity contribution in [1.82, 2.24) is 14.7 Å². The zero-order valence-corrected chi connectivity index (χ0v) is 9.87. The molecule has 2 heterocycles. The summed E-state index contributed by atoms with van der Waals surface area (Å²) in [6.07, 6.45) is -0.628. The van der Waals surface area contributed by atoms with E-state index in [2.05, 4.69) is 30.8 Å². The summed E-state index contributed by atoms with van der Waals surface area (Å²) in [6.45, 7) is 7.61. The van der Waals surface area contributed by atoms with Crippen LogP contribution in [0.1, 0.15) is 32.0 Å². The van der Waals surface area contributed by atoms with Gasteiger partial charge in [0.2, 0.25) is 0 Å². The molecule has 0 amide bonds. The van der Waals surface area contributed by atoms with E-state index in [1.165, 1.54) is 4.68 Å². The highest BCUT2D eigenvalue weighted by Gasteiger charge is 2.31.